The Labute approximate surface area is 127 Å². The summed E-state index contributed by atoms with van der Waals surface area (Å²) in [6.45, 7) is -0.310. The van der Waals surface area contributed by atoms with Gasteiger partial charge < -0.3 is 19.5 Å². The summed E-state index contributed by atoms with van der Waals surface area (Å²) in [5.41, 5.74) is 0.726. The van der Waals surface area contributed by atoms with E-state index in [4.69, 9.17) is 21.1 Å². The van der Waals surface area contributed by atoms with Crippen molar-refractivity contribution in [3.8, 4) is 5.75 Å². The fourth-order valence-corrected chi connectivity index (χ4v) is 2.64. The molecule has 0 heterocycles. The van der Waals surface area contributed by atoms with Crippen LogP contribution in [0.2, 0.25) is 5.02 Å². The van der Waals surface area contributed by atoms with Crippen LogP contribution in [0, 0.1) is 0 Å². The number of anilines is 1. The van der Waals surface area contributed by atoms with Crippen LogP contribution >= 0.6 is 11.6 Å². The van der Waals surface area contributed by atoms with Crippen LogP contribution in [0.1, 0.15) is 13.3 Å². The van der Waals surface area contributed by atoms with Gasteiger partial charge in [-0.15, -0.1) is 0 Å². The van der Waals surface area contributed by atoms with E-state index in [0.29, 0.717) is 6.61 Å². The fourth-order valence-electron chi connectivity index (χ4n) is 2.41. The second kappa shape index (κ2) is 7.24. The van der Waals surface area contributed by atoms with Gasteiger partial charge in [-0.25, -0.2) is 0 Å². The Morgan fingerprint density at radius 1 is 1.43 bits per heavy atom. The Bertz CT molecular complexity index is 476. The van der Waals surface area contributed by atoms with Crippen LogP contribution < -0.4 is 10.1 Å². The minimum atomic E-state index is -2.89. The molecule has 118 valence electrons. The molecule has 0 amide bonds. The maximum Gasteiger partial charge on any atom is 0.387 e. The van der Waals surface area contributed by atoms with E-state index in [2.05, 4.69) is 10.1 Å². The lowest BCUT2D eigenvalue weighted by molar-refractivity contribution is -0.118. The predicted molar refractivity (Wildman–Crippen MR) is 76.3 cm³/mol. The minimum absolute atomic E-state index is 0.0405. The molecule has 1 saturated carbocycles. The highest BCUT2D eigenvalue weighted by Crippen LogP contribution is 2.33. The Morgan fingerprint density at radius 3 is 2.76 bits per heavy atom. The summed E-state index contributed by atoms with van der Waals surface area (Å²) >= 11 is 5.91. The number of alkyl halides is 2. The molecule has 2 rings (SSSR count). The second-order valence-corrected chi connectivity index (χ2v) is 5.11. The van der Waals surface area contributed by atoms with Crippen molar-refractivity contribution < 1.29 is 23.0 Å². The Balaban J connectivity index is 1.96. The summed E-state index contributed by atoms with van der Waals surface area (Å²) in [4.78, 5) is 0. The van der Waals surface area contributed by atoms with Crippen LogP contribution in [0.4, 0.5) is 14.5 Å². The average molecular weight is 322 g/mol. The van der Waals surface area contributed by atoms with Crippen molar-refractivity contribution in [3.63, 3.8) is 0 Å². The molecular weight excluding hydrogens is 304 g/mol. The van der Waals surface area contributed by atoms with Crippen molar-refractivity contribution in [3.05, 3.63) is 23.2 Å². The number of methoxy groups -OCH3 is 1. The molecule has 21 heavy (non-hydrogen) atoms. The first-order chi connectivity index (χ1) is 10.0. The summed E-state index contributed by atoms with van der Waals surface area (Å²) < 4.78 is 39.6. The van der Waals surface area contributed by atoms with Crippen molar-refractivity contribution in [2.75, 3.05) is 19.0 Å². The van der Waals surface area contributed by atoms with Gasteiger partial charge in [-0.3, -0.25) is 0 Å². The van der Waals surface area contributed by atoms with Crippen LogP contribution in [0.25, 0.3) is 0 Å². The minimum Gasteiger partial charge on any atom is -0.433 e. The van der Waals surface area contributed by atoms with E-state index in [9.17, 15) is 8.78 Å². The van der Waals surface area contributed by atoms with E-state index < -0.39 is 6.61 Å². The van der Waals surface area contributed by atoms with Gasteiger partial charge in [-0.05, 0) is 31.5 Å². The molecule has 3 unspecified atom stereocenters. The Kier molecular flexibility index (Phi) is 5.61. The molecule has 0 radical (unpaired) electrons. The molecular formula is C14H18ClF2NO3. The number of rotatable bonds is 7. The van der Waals surface area contributed by atoms with Crippen molar-refractivity contribution in [1.29, 1.82) is 0 Å². The molecule has 0 spiro atoms. The third-order valence-corrected chi connectivity index (χ3v) is 3.70. The lowest BCUT2D eigenvalue weighted by Gasteiger charge is -2.43. The third-order valence-electron chi connectivity index (χ3n) is 3.40. The van der Waals surface area contributed by atoms with Gasteiger partial charge in [-0.2, -0.15) is 8.78 Å². The monoisotopic (exact) mass is 321 g/mol. The molecule has 0 saturated heterocycles. The summed E-state index contributed by atoms with van der Waals surface area (Å²) in [5.74, 6) is -0.0405. The van der Waals surface area contributed by atoms with Crippen LogP contribution in [0.5, 0.6) is 5.75 Å². The molecule has 1 aliphatic rings. The summed E-state index contributed by atoms with van der Waals surface area (Å²) in [7, 11) is 1.64. The Hall–Kier alpha value is -1.11. The highest BCUT2D eigenvalue weighted by atomic mass is 35.5. The van der Waals surface area contributed by atoms with Crippen LogP contribution in [-0.4, -0.2) is 38.6 Å². The SMILES string of the molecule is CCOC1CC(Nc2ccc(OC(F)F)c(Cl)c2)C1OC. The number of hydrogen-bond donors (Lipinski definition) is 1. The standard InChI is InChI=1S/C14H18ClF2NO3/c1-3-20-12-7-10(13(12)19-2)18-8-4-5-11(9(15)6-8)21-14(16)17/h4-6,10,12-14,18H,3,7H2,1-2H3. The lowest BCUT2D eigenvalue weighted by Crippen LogP contribution is -2.56. The zero-order valence-corrected chi connectivity index (χ0v) is 12.6. The lowest BCUT2D eigenvalue weighted by atomic mass is 9.85. The van der Waals surface area contributed by atoms with E-state index in [1.165, 1.54) is 6.07 Å². The number of nitrogens with one attached hydrogen (secondary N) is 1. The van der Waals surface area contributed by atoms with Gasteiger partial charge in [0, 0.05) is 19.4 Å². The topological polar surface area (TPSA) is 39.7 Å². The predicted octanol–water partition coefficient (Wildman–Crippen LogP) is 3.55. The quantitative estimate of drug-likeness (QED) is 0.833. The first-order valence-corrected chi connectivity index (χ1v) is 7.08. The smallest absolute Gasteiger partial charge is 0.387 e. The van der Waals surface area contributed by atoms with Gasteiger partial charge in [0.25, 0.3) is 0 Å². The molecule has 0 aromatic heterocycles. The van der Waals surface area contributed by atoms with Gasteiger partial charge in [0.15, 0.2) is 0 Å². The molecule has 4 nitrogen and oxygen atoms in total. The van der Waals surface area contributed by atoms with Gasteiger partial charge in [-0.1, -0.05) is 11.6 Å². The molecule has 1 aliphatic carbocycles. The normalized spacial score (nSPS) is 24.8. The molecule has 1 aromatic carbocycles. The van der Waals surface area contributed by atoms with Crippen LogP contribution in [0.15, 0.2) is 18.2 Å². The number of ether oxygens (including phenoxy) is 3. The first kappa shape index (κ1) is 16.3. The van der Waals surface area contributed by atoms with Crippen molar-refractivity contribution in [2.45, 2.75) is 38.2 Å². The van der Waals surface area contributed by atoms with Crippen LogP contribution in [-0.2, 0) is 9.47 Å². The van der Waals surface area contributed by atoms with Crippen LogP contribution in [0.3, 0.4) is 0 Å². The third kappa shape index (κ3) is 3.96. The van der Waals surface area contributed by atoms with Gasteiger partial charge in [0.2, 0.25) is 0 Å². The maximum atomic E-state index is 12.2. The highest BCUT2D eigenvalue weighted by molar-refractivity contribution is 6.32. The van der Waals surface area contributed by atoms with E-state index in [-0.39, 0.29) is 29.0 Å². The van der Waals surface area contributed by atoms with Crippen molar-refractivity contribution >= 4 is 17.3 Å². The molecule has 7 heteroatoms. The summed E-state index contributed by atoms with van der Waals surface area (Å²) in [6, 6.07) is 4.71. The van der Waals surface area contributed by atoms with E-state index in [0.717, 1.165) is 12.1 Å². The van der Waals surface area contributed by atoms with E-state index in [1.54, 1.807) is 19.2 Å². The largest absolute Gasteiger partial charge is 0.433 e. The molecule has 0 aliphatic heterocycles. The van der Waals surface area contributed by atoms with Crippen molar-refractivity contribution in [1.82, 2.24) is 0 Å². The van der Waals surface area contributed by atoms with Gasteiger partial charge in [0.1, 0.15) is 11.9 Å². The number of benzene rings is 1. The Morgan fingerprint density at radius 2 is 2.19 bits per heavy atom. The summed E-state index contributed by atoms with van der Waals surface area (Å²) in [6.07, 6.45) is 0.856. The zero-order chi connectivity index (χ0) is 15.4. The van der Waals surface area contributed by atoms with Crippen molar-refractivity contribution in [2.24, 2.45) is 0 Å². The fraction of sp³-hybridized carbons (Fsp3) is 0.571. The molecule has 1 fully saturated rings. The molecule has 1 N–H and O–H groups in total. The zero-order valence-electron chi connectivity index (χ0n) is 11.8. The second-order valence-electron chi connectivity index (χ2n) is 4.70. The maximum absolute atomic E-state index is 12.2. The molecule has 1 aromatic rings. The summed E-state index contributed by atoms with van der Waals surface area (Å²) in [5, 5.41) is 3.39. The highest BCUT2D eigenvalue weighted by Gasteiger charge is 2.42. The van der Waals surface area contributed by atoms with E-state index >= 15 is 0 Å². The molecule has 3 atom stereocenters. The number of hydrogen-bond acceptors (Lipinski definition) is 4. The average Bonchev–Trinajstić information content (AvgIpc) is 2.40. The van der Waals surface area contributed by atoms with Gasteiger partial charge in [0.05, 0.1) is 17.2 Å². The first-order valence-electron chi connectivity index (χ1n) is 6.70. The van der Waals surface area contributed by atoms with E-state index in [1.807, 2.05) is 6.92 Å². The van der Waals surface area contributed by atoms with Gasteiger partial charge >= 0.3 is 6.61 Å². The molecule has 0 bridgehead atoms. The number of halogens is 3.